The van der Waals surface area contributed by atoms with Gasteiger partial charge in [0.2, 0.25) is 0 Å². The van der Waals surface area contributed by atoms with Crippen LogP contribution >= 0.6 is 0 Å². The third kappa shape index (κ3) is 2.31. The van der Waals surface area contributed by atoms with Crippen molar-refractivity contribution in [3.8, 4) is 11.3 Å². The molecule has 0 amide bonds. The fourth-order valence-electron chi connectivity index (χ4n) is 2.54. The van der Waals surface area contributed by atoms with E-state index in [2.05, 4.69) is 37.9 Å². The molecule has 0 saturated heterocycles. The van der Waals surface area contributed by atoms with Gasteiger partial charge in [0.1, 0.15) is 5.82 Å². The molecule has 0 fully saturated rings. The van der Waals surface area contributed by atoms with Gasteiger partial charge < -0.3 is 9.67 Å². The summed E-state index contributed by atoms with van der Waals surface area (Å²) >= 11 is 0. The largest absolute Gasteiger partial charge is 0.396 e. The maximum atomic E-state index is 9.02. The van der Waals surface area contributed by atoms with Crippen molar-refractivity contribution in [3.05, 3.63) is 40.8 Å². The Kier molecular flexibility index (Phi) is 3.53. The van der Waals surface area contributed by atoms with E-state index in [1.165, 1.54) is 22.3 Å². The minimum atomic E-state index is 0.135. The van der Waals surface area contributed by atoms with E-state index in [9.17, 15) is 0 Å². The fraction of sp³-hybridized carbons (Fsp3) is 0.400. The molecule has 0 radical (unpaired) electrons. The molecule has 96 valence electrons. The van der Waals surface area contributed by atoms with Gasteiger partial charge in [-0.05, 0) is 31.9 Å². The zero-order valence-electron chi connectivity index (χ0n) is 11.5. The molecule has 0 unspecified atom stereocenters. The lowest BCUT2D eigenvalue weighted by Crippen LogP contribution is -1.99. The number of aliphatic hydroxyl groups excluding tert-OH is 1. The summed E-state index contributed by atoms with van der Waals surface area (Å²) in [6.45, 7) is 6.49. The normalized spacial score (nSPS) is 10.9. The Balaban J connectivity index is 2.52. The highest BCUT2D eigenvalue weighted by Crippen LogP contribution is 2.27. The lowest BCUT2D eigenvalue weighted by molar-refractivity contribution is 0.295. The topological polar surface area (TPSA) is 38.0 Å². The number of rotatable bonds is 3. The van der Waals surface area contributed by atoms with Gasteiger partial charge in [-0.1, -0.05) is 17.7 Å². The van der Waals surface area contributed by atoms with Crippen LogP contribution in [0.25, 0.3) is 11.3 Å². The zero-order chi connectivity index (χ0) is 13.3. The maximum Gasteiger partial charge on any atom is 0.111 e. The van der Waals surface area contributed by atoms with Crippen molar-refractivity contribution in [2.24, 2.45) is 7.05 Å². The van der Waals surface area contributed by atoms with Gasteiger partial charge in [0.15, 0.2) is 0 Å². The molecule has 0 spiro atoms. The van der Waals surface area contributed by atoms with Gasteiger partial charge in [-0.3, -0.25) is 0 Å². The van der Waals surface area contributed by atoms with Gasteiger partial charge in [0, 0.05) is 25.2 Å². The summed E-state index contributed by atoms with van der Waals surface area (Å²) in [7, 11) is 1.97. The van der Waals surface area contributed by atoms with Crippen LogP contribution in [0.4, 0.5) is 0 Å². The third-order valence-electron chi connectivity index (χ3n) is 3.24. The van der Waals surface area contributed by atoms with Crippen LogP contribution in [0.15, 0.2) is 18.3 Å². The number of aromatic nitrogens is 2. The molecule has 1 N–H and O–H groups in total. The number of benzene rings is 1. The molecule has 3 heteroatoms. The molecule has 0 aliphatic carbocycles. The molecular formula is C15H20N2O. The highest BCUT2D eigenvalue weighted by Gasteiger charge is 2.11. The van der Waals surface area contributed by atoms with Crippen LogP contribution in [0.2, 0.25) is 0 Å². The highest BCUT2D eigenvalue weighted by molar-refractivity contribution is 5.67. The smallest absolute Gasteiger partial charge is 0.111 e. The van der Waals surface area contributed by atoms with Gasteiger partial charge >= 0.3 is 0 Å². The maximum absolute atomic E-state index is 9.02. The van der Waals surface area contributed by atoms with Crippen LogP contribution in [0, 0.1) is 20.8 Å². The van der Waals surface area contributed by atoms with Crippen molar-refractivity contribution in [2.75, 3.05) is 6.61 Å². The molecule has 1 heterocycles. The predicted octanol–water partition coefficient (Wildman–Crippen LogP) is 2.55. The second-order valence-corrected chi connectivity index (χ2v) is 4.90. The van der Waals surface area contributed by atoms with E-state index in [1.807, 2.05) is 17.8 Å². The van der Waals surface area contributed by atoms with Crippen LogP contribution in [0.1, 0.15) is 22.5 Å². The summed E-state index contributed by atoms with van der Waals surface area (Å²) in [5, 5.41) is 9.02. The summed E-state index contributed by atoms with van der Waals surface area (Å²) in [5.41, 5.74) is 5.99. The summed E-state index contributed by atoms with van der Waals surface area (Å²) in [6.07, 6.45) is 2.64. The van der Waals surface area contributed by atoms with Crippen molar-refractivity contribution in [3.63, 3.8) is 0 Å². The summed E-state index contributed by atoms with van der Waals surface area (Å²) in [4.78, 5) is 4.62. The van der Waals surface area contributed by atoms with Gasteiger partial charge in [-0.2, -0.15) is 0 Å². The minimum absolute atomic E-state index is 0.135. The number of aliphatic hydroxyl groups is 1. The Morgan fingerprint density at radius 3 is 2.33 bits per heavy atom. The zero-order valence-corrected chi connectivity index (χ0v) is 11.5. The van der Waals surface area contributed by atoms with E-state index in [1.54, 1.807) is 0 Å². The van der Waals surface area contributed by atoms with E-state index >= 15 is 0 Å². The SMILES string of the molecule is Cc1cc(C)c(-c2cn(C)c(CCO)n2)c(C)c1. The predicted molar refractivity (Wildman–Crippen MR) is 73.6 cm³/mol. The number of nitrogens with zero attached hydrogens (tertiary/aromatic N) is 2. The minimum Gasteiger partial charge on any atom is -0.396 e. The molecule has 0 bridgehead atoms. The number of imidazole rings is 1. The number of hydrogen-bond acceptors (Lipinski definition) is 2. The van der Waals surface area contributed by atoms with E-state index in [0.29, 0.717) is 6.42 Å². The fourth-order valence-corrected chi connectivity index (χ4v) is 2.54. The second-order valence-electron chi connectivity index (χ2n) is 4.90. The molecular weight excluding hydrogens is 224 g/mol. The van der Waals surface area contributed by atoms with Crippen molar-refractivity contribution >= 4 is 0 Å². The van der Waals surface area contributed by atoms with Crippen LogP contribution in [0.5, 0.6) is 0 Å². The Labute approximate surface area is 108 Å². The Hall–Kier alpha value is -1.61. The van der Waals surface area contributed by atoms with Crippen molar-refractivity contribution in [2.45, 2.75) is 27.2 Å². The average Bonchev–Trinajstić information content (AvgIpc) is 2.59. The molecule has 2 aromatic rings. The number of hydrogen-bond donors (Lipinski definition) is 1. The molecule has 18 heavy (non-hydrogen) atoms. The first-order chi connectivity index (χ1) is 8.52. The molecule has 0 aliphatic heterocycles. The molecule has 0 aliphatic rings. The Morgan fingerprint density at radius 1 is 1.17 bits per heavy atom. The van der Waals surface area contributed by atoms with Crippen molar-refractivity contribution in [1.29, 1.82) is 0 Å². The first-order valence-electron chi connectivity index (χ1n) is 6.24. The summed E-state index contributed by atoms with van der Waals surface area (Å²) < 4.78 is 1.99. The lowest BCUT2D eigenvalue weighted by Gasteiger charge is -2.08. The van der Waals surface area contributed by atoms with E-state index in [4.69, 9.17) is 5.11 Å². The number of aryl methyl sites for hydroxylation is 4. The second kappa shape index (κ2) is 4.94. The van der Waals surface area contributed by atoms with E-state index in [0.717, 1.165) is 11.5 Å². The van der Waals surface area contributed by atoms with E-state index in [-0.39, 0.29) is 6.61 Å². The third-order valence-corrected chi connectivity index (χ3v) is 3.24. The van der Waals surface area contributed by atoms with Crippen LogP contribution in [0.3, 0.4) is 0 Å². The Morgan fingerprint density at radius 2 is 1.78 bits per heavy atom. The molecule has 0 saturated carbocycles. The molecule has 1 aromatic heterocycles. The molecule has 3 nitrogen and oxygen atoms in total. The van der Waals surface area contributed by atoms with Gasteiger partial charge in [-0.25, -0.2) is 4.98 Å². The standard InChI is InChI=1S/C15H20N2O/c1-10-7-11(2)15(12(3)8-10)13-9-17(4)14(16-13)5-6-18/h7-9,18H,5-6H2,1-4H3. The molecule has 1 aromatic carbocycles. The van der Waals surface area contributed by atoms with Crippen molar-refractivity contribution < 1.29 is 5.11 Å². The van der Waals surface area contributed by atoms with Gasteiger partial charge in [0.25, 0.3) is 0 Å². The molecule has 2 rings (SSSR count). The summed E-state index contributed by atoms with van der Waals surface area (Å²) in [5.74, 6) is 0.923. The van der Waals surface area contributed by atoms with Crippen LogP contribution in [-0.4, -0.2) is 21.3 Å². The summed E-state index contributed by atoms with van der Waals surface area (Å²) in [6, 6.07) is 4.37. The van der Waals surface area contributed by atoms with Crippen LogP contribution in [-0.2, 0) is 13.5 Å². The first kappa shape index (κ1) is 12.8. The van der Waals surface area contributed by atoms with Crippen molar-refractivity contribution in [1.82, 2.24) is 9.55 Å². The highest BCUT2D eigenvalue weighted by atomic mass is 16.3. The molecule has 0 atom stereocenters. The lowest BCUT2D eigenvalue weighted by atomic mass is 9.98. The monoisotopic (exact) mass is 244 g/mol. The van der Waals surface area contributed by atoms with Crippen LogP contribution < -0.4 is 0 Å². The first-order valence-corrected chi connectivity index (χ1v) is 6.24. The average molecular weight is 244 g/mol. The van der Waals surface area contributed by atoms with E-state index < -0.39 is 0 Å². The van der Waals surface area contributed by atoms with Gasteiger partial charge in [0.05, 0.1) is 12.3 Å². The quantitative estimate of drug-likeness (QED) is 0.901. The Bertz CT molecular complexity index is 547. The van der Waals surface area contributed by atoms with Gasteiger partial charge in [-0.15, -0.1) is 0 Å².